The standard InChI is InChI=1S/C16H18O5/c17-13-8-9-14(18)16(13)21-15(19)7-4-10-20-11-12-5-2-1-3-6-12/h1-3,5-6,16H,4,7-11H2. The van der Waals surface area contributed by atoms with E-state index in [9.17, 15) is 14.4 Å². The van der Waals surface area contributed by atoms with Crippen molar-refractivity contribution in [2.75, 3.05) is 6.61 Å². The van der Waals surface area contributed by atoms with Crippen LogP contribution in [0.2, 0.25) is 0 Å². The van der Waals surface area contributed by atoms with Gasteiger partial charge in [0.2, 0.25) is 6.10 Å². The molecule has 1 aromatic rings. The maximum absolute atomic E-state index is 11.5. The third-order valence-corrected chi connectivity index (χ3v) is 3.23. The molecule has 1 fully saturated rings. The van der Waals surface area contributed by atoms with Gasteiger partial charge in [-0.2, -0.15) is 0 Å². The van der Waals surface area contributed by atoms with Crippen LogP contribution in [-0.2, 0) is 30.5 Å². The summed E-state index contributed by atoms with van der Waals surface area (Å²) >= 11 is 0. The fourth-order valence-corrected chi connectivity index (χ4v) is 2.09. The highest BCUT2D eigenvalue weighted by molar-refractivity contribution is 6.12. The molecule has 0 spiro atoms. The number of Topliss-reactive ketones (excluding diaryl/α,β-unsaturated/α-hetero) is 2. The van der Waals surface area contributed by atoms with E-state index in [-0.39, 0.29) is 30.8 Å². The Balaban J connectivity index is 1.59. The number of rotatable bonds is 7. The number of benzene rings is 1. The molecule has 1 aromatic carbocycles. The fraction of sp³-hybridized carbons (Fsp3) is 0.438. The van der Waals surface area contributed by atoms with Gasteiger partial charge in [0.25, 0.3) is 0 Å². The molecule has 0 bridgehead atoms. The highest BCUT2D eigenvalue weighted by Crippen LogP contribution is 2.15. The average molecular weight is 290 g/mol. The summed E-state index contributed by atoms with van der Waals surface area (Å²) in [6, 6.07) is 9.74. The van der Waals surface area contributed by atoms with E-state index in [1.807, 2.05) is 30.3 Å². The molecule has 1 aliphatic rings. The van der Waals surface area contributed by atoms with Gasteiger partial charge in [-0.15, -0.1) is 0 Å². The molecule has 0 saturated heterocycles. The second-order valence-corrected chi connectivity index (χ2v) is 4.94. The molecule has 0 heterocycles. The molecule has 0 amide bonds. The van der Waals surface area contributed by atoms with Gasteiger partial charge in [0, 0.05) is 25.9 Å². The van der Waals surface area contributed by atoms with E-state index >= 15 is 0 Å². The molecule has 2 rings (SSSR count). The van der Waals surface area contributed by atoms with Crippen LogP contribution in [0.1, 0.15) is 31.2 Å². The second-order valence-electron chi connectivity index (χ2n) is 4.94. The molecule has 1 aliphatic carbocycles. The Bertz CT molecular complexity index is 493. The summed E-state index contributed by atoms with van der Waals surface area (Å²) in [7, 11) is 0. The first-order chi connectivity index (χ1) is 10.2. The van der Waals surface area contributed by atoms with Crippen LogP contribution in [0.3, 0.4) is 0 Å². The molecule has 1 saturated carbocycles. The van der Waals surface area contributed by atoms with Gasteiger partial charge in [0.1, 0.15) is 0 Å². The van der Waals surface area contributed by atoms with E-state index in [1.165, 1.54) is 0 Å². The Hall–Kier alpha value is -2.01. The monoisotopic (exact) mass is 290 g/mol. The van der Waals surface area contributed by atoms with Gasteiger partial charge in [-0.1, -0.05) is 30.3 Å². The van der Waals surface area contributed by atoms with Gasteiger partial charge < -0.3 is 9.47 Å². The Morgan fingerprint density at radius 1 is 1.10 bits per heavy atom. The number of hydrogen-bond donors (Lipinski definition) is 0. The molecule has 0 atom stereocenters. The summed E-state index contributed by atoms with van der Waals surface area (Å²) < 4.78 is 10.3. The van der Waals surface area contributed by atoms with Gasteiger partial charge >= 0.3 is 5.97 Å². The summed E-state index contributed by atoms with van der Waals surface area (Å²) in [6.07, 6.45) is -0.164. The van der Waals surface area contributed by atoms with Crippen molar-refractivity contribution in [3.05, 3.63) is 35.9 Å². The first kappa shape index (κ1) is 15.4. The van der Waals surface area contributed by atoms with Gasteiger partial charge in [0.05, 0.1) is 6.61 Å². The Labute approximate surface area is 123 Å². The fourth-order valence-electron chi connectivity index (χ4n) is 2.09. The van der Waals surface area contributed by atoms with Crippen molar-refractivity contribution in [1.29, 1.82) is 0 Å². The summed E-state index contributed by atoms with van der Waals surface area (Å²) in [5, 5.41) is 0. The van der Waals surface area contributed by atoms with Crippen LogP contribution in [0.15, 0.2) is 30.3 Å². The van der Waals surface area contributed by atoms with E-state index in [1.54, 1.807) is 0 Å². The van der Waals surface area contributed by atoms with E-state index in [2.05, 4.69) is 0 Å². The lowest BCUT2D eigenvalue weighted by Crippen LogP contribution is -2.28. The number of ketones is 2. The highest BCUT2D eigenvalue weighted by atomic mass is 16.6. The molecule has 0 aromatic heterocycles. The van der Waals surface area contributed by atoms with Crippen LogP contribution < -0.4 is 0 Å². The molecular weight excluding hydrogens is 272 g/mol. The van der Waals surface area contributed by atoms with Gasteiger partial charge in [-0.05, 0) is 12.0 Å². The third kappa shape index (κ3) is 4.79. The average Bonchev–Trinajstić information content (AvgIpc) is 2.80. The maximum Gasteiger partial charge on any atom is 0.307 e. The zero-order valence-corrected chi connectivity index (χ0v) is 11.7. The number of carbonyl (C=O) groups excluding carboxylic acids is 3. The Kier molecular flexibility index (Phi) is 5.63. The van der Waals surface area contributed by atoms with Crippen LogP contribution in [0.25, 0.3) is 0 Å². The third-order valence-electron chi connectivity index (χ3n) is 3.23. The van der Waals surface area contributed by atoms with Crippen LogP contribution >= 0.6 is 0 Å². The molecular formula is C16H18O5. The zero-order chi connectivity index (χ0) is 15.1. The van der Waals surface area contributed by atoms with Crippen LogP contribution in [0, 0.1) is 0 Å². The highest BCUT2D eigenvalue weighted by Gasteiger charge is 2.35. The summed E-state index contributed by atoms with van der Waals surface area (Å²) in [4.78, 5) is 34.2. The predicted octanol–water partition coefficient (Wildman–Crippen LogP) is 1.83. The van der Waals surface area contributed by atoms with Crippen molar-refractivity contribution in [1.82, 2.24) is 0 Å². The minimum Gasteiger partial charge on any atom is -0.446 e. The predicted molar refractivity (Wildman–Crippen MR) is 74.5 cm³/mol. The van der Waals surface area contributed by atoms with Crippen molar-refractivity contribution in [3.63, 3.8) is 0 Å². The molecule has 112 valence electrons. The molecule has 21 heavy (non-hydrogen) atoms. The van der Waals surface area contributed by atoms with Crippen molar-refractivity contribution < 1.29 is 23.9 Å². The number of hydrogen-bond acceptors (Lipinski definition) is 5. The van der Waals surface area contributed by atoms with Crippen LogP contribution in [-0.4, -0.2) is 30.2 Å². The molecule has 0 N–H and O–H groups in total. The van der Waals surface area contributed by atoms with E-state index in [0.29, 0.717) is 19.6 Å². The minimum atomic E-state index is -1.16. The van der Waals surface area contributed by atoms with Crippen LogP contribution in [0.5, 0.6) is 0 Å². The summed E-state index contributed by atoms with van der Waals surface area (Å²) in [6.45, 7) is 0.923. The largest absolute Gasteiger partial charge is 0.446 e. The van der Waals surface area contributed by atoms with Gasteiger partial charge in [-0.3, -0.25) is 14.4 Å². The van der Waals surface area contributed by atoms with Crippen molar-refractivity contribution in [3.8, 4) is 0 Å². The first-order valence-electron chi connectivity index (χ1n) is 7.03. The SMILES string of the molecule is O=C(CCCOCc1ccccc1)OC1C(=O)CCC1=O. The molecule has 5 nitrogen and oxygen atoms in total. The lowest BCUT2D eigenvalue weighted by molar-refractivity contribution is -0.157. The Morgan fingerprint density at radius 2 is 1.76 bits per heavy atom. The summed E-state index contributed by atoms with van der Waals surface area (Å²) in [5.74, 6) is -1.12. The quantitative estimate of drug-likeness (QED) is 0.435. The van der Waals surface area contributed by atoms with E-state index in [4.69, 9.17) is 9.47 Å². The number of esters is 1. The van der Waals surface area contributed by atoms with E-state index in [0.717, 1.165) is 5.56 Å². The molecule has 0 aliphatic heterocycles. The Morgan fingerprint density at radius 3 is 2.43 bits per heavy atom. The summed E-state index contributed by atoms with van der Waals surface area (Å²) in [5.41, 5.74) is 1.07. The van der Waals surface area contributed by atoms with E-state index < -0.39 is 12.1 Å². The minimum absolute atomic E-state index is 0.145. The number of ether oxygens (including phenoxy) is 2. The first-order valence-corrected chi connectivity index (χ1v) is 7.03. The molecule has 5 heteroatoms. The lowest BCUT2D eigenvalue weighted by Gasteiger charge is -2.09. The van der Waals surface area contributed by atoms with Crippen LogP contribution in [0.4, 0.5) is 0 Å². The van der Waals surface area contributed by atoms with Gasteiger partial charge in [-0.25, -0.2) is 0 Å². The molecule has 0 unspecified atom stereocenters. The second kappa shape index (κ2) is 7.69. The maximum atomic E-state index is 11.5. The normalized spacial score (nSPS) is 15.4. The van der Waals surface area contributed by atoms with Crippen molar-refractivity contribution in [2.24, 2.45) is 0 Å². The lowest BCUT2D eigenvalue weighted by atomic mass is 10.2. The smallest absolute Gasteiger partial charge is 0.307 e. The number of carbonyl (C=O) groups is 3. The van der Waals surface area contributed by atoms with Crippen molar-refractivity contribution >= 4 is 17.5 Å². The van der Waals surface area contributed by atoms with Gasteiger partial charge in [0.15, 0.2) is 11.6 Å². The molecule has 0 radical (unpaired) electrons. The van der Waals surface area contributed by atoms with Crippen molar-refractivity contribution in [2.45, 2.75) is 38.4 Å². The zero-order valence-electron chi connectivity index (χ0n) is 11.7. The topological polar surface area (TPSA) is 69.7 Å².